The number of β-amino-alcohol motifs (C(OH)–C–C–N with tert-alkyl or cyclic N) is 1. The summed E-state index contributed by atoms with van der Waals surface area (Å²) in [6.45, 7) is 5.44. The van der Waals surface area contributed by atoms with E-state index in [-0.39, 0.29) is 24.5 Å². The van der Waals surface area contributed by atoms with Gasteiger partial charge in [0.05, 0.1) is 25.9 Å². The molecule has 1 heterocycles. The first-order valence-electron chi connectivity index (χ1n) is 11.8. The maximum Gasteiger partial charge on any atom is 0.305 e. The van der Waals surface area contributed by atoms with Crippen LogP contribution >= 0.6 is 0 Å². The van der Waals surface area contributed by atoms with Crippen molar-refractivity contribution in [1.82, 2.24) is 4.90 Å². The van der Waals surface area contributed by atoms with Gasteiger partial charge in [0.25, 0.3) is 0 Å². The van der Waals surface area contributed by atoms with Crippen LogP contribution in [0.4, 0.5) is 4.39 Å². The van der Waals surface area contributed by atoms with Gasteiger partial charge in [-0.05, 0) is 74.4 Å². The van der Waals surface area contributed by atoms with Crippen LogP contribution in [0.25, 0.3) is 0 Å². The fourth-order valence-corrected chi connectivity index (χ4v) is 4.57. The number of methoxy groups -OCH3 is 1. The lowest BCUT2D eigenvalue weighted by atomic mass is 9.99. The number of aliphatic hydroxyl groups is 1. The molecule has 1 aliphatic rings. The Morgan fingerprint density at radius 2 is 2.06 bits per heavy atom. The van der Waals surface area contributed by atoms with Crippen molar-refractivity contribution in [3.8, 4) is 0 Å². The van der Waals surface area contributed by atoms with Crippen molar-refractivity contribution in [2.75, 3.05) is 26.8 Å². The van der Waals surface area contributed by atoms with E-state index in [1.54, 1.807) is 13.0 Å². The fraction of sp³-hybridized carbons (Fsp3) is 0.519. The Kier molecular flexibility index (Phi) is 9.41. The molecule has 1 N–H and O–H groups in total. The third-order valence-corrected chi connectivity index (χ3v) is 6.51. The average molecular weight is 458 g/mol. The number of carbonyl (C=O) groups excluding carboxylic acids is 1. The summed E-state index contributed by atoms with van der Waals surface area (Å²) in [5.74, 6) is -0.395. The lowest BCUT2D eigenvalue weighted by molar-refractivity contribution is -0.140. The Balaban J connectivity index is 1.51. The number of hydrogen-bond donors (Lipinski definition) is 1. The van der Waals surface area contributed by atoms with Crippen LogP contribution in [0.5, 0.6) is 0 Å². The quantitative estimate of drug-likeness (QED) is 0.508. The number of aliphatic hydroxyl groups excluding tert-OH is 1. The molecule has 33 heavy (non-hydrogen) atoms. The molecule has 1 saturated heterocycles. The number of rotatable bonds is 11. The number of benzene rings is 2. The lowest BCUT2D eigenvalue weighted by Gasteiger charge is -2.27. The van der Waals surface area contributed by atoms with Crippen LogP contribution in [0.15, 0.2) is 42.5 Å². The number of esters is 1. The molecule has 0 spiro atoms. The predicted molar refractivity (Wildman–Crippen MR) is 127 cm³/mol. The molecular formula is C27H36FNO4. The zero-order valence-corrected chi connectivity index (χ0v) is 19.9. The van der Waals surface area contributed by atoms with Gasteiger partial charge in [0, 0.05) is 19.0 Å². The van der Waals surface area contributed by atoms with Crippen LogP contribution in [0.3, 0.4) is 0 Å². The van der Waals surface area contributed by atoms with Crippen molar-refractivity contribution in [3.63, 3.8) is 0 Å². The molecule has 1 aliphatic heterocycles. The molecule has 6 heteroatoms. The van der Waals surface area contributed by atoms with Crippen LogP contribution in [0.1, 0.15) is 54.5 Å². The second-order valence-corrected chi connectivity index (χ2v) is 8.98. The van der Waals surface area contributed by atoms with Crippen LogP contribution < -0.4 is 0 Å². The summed E-state index contributed by atoms with van der Waals surface area (Å²) in [7, 11) is 1.39. The van der Waals surface area contributed by atoms with Gasteiger partial charge in [0.1, 0.15) is 5.82 Å². The minimum Gasteiger partial charge on any atom is -0.469 e. The van der Waals surface area contributed by atoms with Crippen molar-refractivity contribution < 1.29 is 23.8 Å². The van der Waals surface area contributed by atoms with Gasteiger partial charge in [-0.15, -0.1) is 0 Å². The van der Waals surface area contributed by atoms with E-state index < -0.39 is 6.10 Å². The van der Waals surface area contributed by atoms with Gasteiger partial charge < -0.3 is 14.6 Å². The smallest absolute Gasteiger partial charge is 0.305 e. The number of hydrogen-bond acceptors (Lipinski definition) is 5. The van der Waals surface area contributed by atoms with E-state index in [4.69, 9.17) is 9.47 Å². The topological polar surface area (TPSA) is 59.0 Å². The number of halogens is 1. The van der Waals surface area contributed by atoms with Crippen molar-refractivity contribution in [1.29, 1.82) is 0 Å². The summed E-state index contributed by atoms with van der Waals surface area (Å²) < 4.78 is 24.7. The summed E-state index contributed by atoms with van der Waals surface area (Å²) in [6.07, 6.45) is 3.03. The maximum absolute atomic E-state index is 13.9. The molecule has 0 aromatic heterocycles. The summed E-state index contributed by atoms with van der Waals surface area (Å²) >= 11 is 0. The molecule has 0 aliphatic carbocycles. The Labute approximate surface area is 196 Å². The summed E-state index contributed by atoms with van der Waals surface area (Å²) in [5, 5.41) is 10.7. The first-order chi connectivity index (χ1) is 15.9. The molecule has 3 rings (SSSR count). The van der Waals surface area contributed by atoms with E-state index in [2.05, 4.69) is 4.90 Å². The highest BCUT2D eigenvalue weighted by molar-refractivity contribution is 5.69. The first-order valence-corrected chi connectivity index (χ1v) is 11.8. The summed E-state index contributed by atoms with van der Waals surface area (Å²) in [5.41, 5.74) is 3.73. The Morgan fingerprint density at radius 3 is 2.82 bits per heavy atom. The molecule has 180 valence electrons. The van der Waals surface area contributed by atoms with Gasteiger partial charge in [-0.1, -0.05) is 36.4 Å². The van der Waals surface area contributed by atoms with Gasteiger partial charge in [-0.2, -0.15) is 0 Å². The minimum atomic E-state index is -0.606. The predicted octanol–water partition coefficient (Wildman–Crippen LogP) is 4.39. The van der Waals surface area contributed by atoms with Crippen LogP contribution in [-0.2, 0) is 27.1 Å². The molecule has 2 aromatic rings. The molecule has 3 atom stereocenters. The van der Waals surface area contributed by atoms with Crippen LogP contribution in [-0.4, -0.2) is 54.9 Å². The Morgan fingerprint density at radius 1 is 1.27 bits per heavy atom. The third kappa shape index (κ3) is 7.36. The largest absolute Gasteiger partial charge is 0.469 e. The maximum atomic E-state index is 13.9. The molecule has 1 fully saturated rings. The molecule has 0 bridgehead atoms. The number of likely N-dealkylation sites (tertiary alicyclic amines) is 1. The van der Waals surface area contributed by atoms with Gasteiger partial charge in [-0.25, -0.2) is 4.39 Å². The number of ether oxygens (including phenoxy) is 2. The zero-order valence-electron chi connectivity index (χ0n) is 19.9. The van der Waals surface area contributed by atoms with Crippen molar-refractivity contribution in [3.05, 3.63) is 70.5 Å². The first kappa shape index (κ1) is 25.3. The van der Waals surface area contributed by atoms with E-state index >= 15 is 0 Å². The summed E-state index contributed by atoms with van der Waals surface area (Å²) in [4.78, 5) is 13.8. The monoisotopic (exact) mass is 457 g/mol. The molecule has 0 amide bonds. The molecular weight excluding hydrogens is 421 g/mol. The van der Waals surface area contributed by atoms with Crippen molar-refractivity contribution >= 4 is 5.97 Å². The van der Waals surface area contributed by atoms with E-state index in [0.717, 1.165) is 42.5 Å². The average Bonchev–Trinajstić information content (AvgIpc) is 3.24. The number of aryl methyl sites for hydroxylation is 2. The van der Waals surface area contributed by atoms with E-state index in [1.807, 2.05) is 43.3 Å². The molecule has 2 aromatic carbocycles. The minimum absolute atomic E-state index is 0.161. The molecule has 5 nitrogen and oxygen atoms in total. The molecule has 0 radical (unpaired) electrons. The summed E-state index contributed by atoms with van der Waals surface area (Å²) in [6, 6.07) is 13.7. The molecule has 0 unspecified atom stereocenters. The zero-order chi connectivity index (χ0) is 23.8. The Bertz CT molecular complexity index is 919. The van der Waals surface area contributed by atoms with Gasteiger partial charge in [0.15, 0.2) is 0 Å². The third-order valence-electron chi connectivity index (χ3n) is 6.51. The number of carbonyl (C=O) groups is 1. The SMILES string of the molecule is COC(=O)CCc1ccccc1[C@@H](C)OC[C@@H](O)CN1CCC[C@H]1Cc1ccc(C)c(F)c1. The highest BCUT2D eigenvalue weighted by Gasteiger charge is 2.27. The van der Waals surface area contributed by atoms with Crippen molar-refractivity contribution in [2.24, 2.45) is 0 Å². The van der Waals surface area contributed by atoms with Gasteiger partial charge >= 0.3 is 5.97 Å². The highest BCUT2D eigenvalue weighted by Crippen LogP contribution is 2.25. The van der Waals surface area contributed by atoms with E-state index in [9.17, 15) is 14.3 Å². The molecule has 0 saturated carbocycles. The van der Waals surface area contributed by atoms with E-state index in [0.29, 0.717) is 31.0 Å². The second-order valence-electron chi connectivity index (χ2n) is 8.98. The number of nitrogens with zero attached hydrogens (tertiary/aromatic N) is 1. The normalized spacial score (nSPS) is 18.3. The Hall–Kier alpha value is -2.28. The van der Waals surface area contributed by atoms with Crippen LogP contribution in [0.2, 0.25) is 0 Å². The lowest BCUT2D eigenvalue weighted by Crippen LogP contribution is -2.39. The van der Waals surface area contributed by atoms with E-state index in [1.165, 1.54) is 7.11 Å². The second kappa shape index (κ2) is 12.3. The van der Waals surface area contributed by atoms with Crippen LogP contribution in [0, 0.1) is 12.7 Å². The van der Waals surface area contributed by atoms with Crippen molar-refractivity contribution in [2.45, 2.75) is 64.2 Å². The fourth-order valence-electron chi connectivity index (χ4n) is 4.57. The highest BCUT2D eigenvalue weighted by atomic mass is 19.1. The van der Waals surface area contributed by atoms with Gasteiger partial charge in [-0.3, -0.25) is 9.69 Å². The standard InChI is InChI=1S/C27H36FNO4/c1-19-10-11-21(16-26(19)28)15-23-8-6-14-29(23)17-24(30)18-33-20(2)25-9-5-4-7-22(25)12-13-27(31)32-3/h4-5,7,9-11,16,20,23-24,30H,6,8,12-15,17-18H2,1-3H3/t20-,23+,24+/m1/s1. The van der Waals surface area contributed by atoms with Gasteiger partial charge in [0.2, 0.25) is 0 Å².